The van der Waals surface area contributed by atoms with Crippen molar-refractivity contribution in [2.45, 2.75) is 13.8 Å². The van der Waals surface area contributed by atoms with Gasteiger partial charge in [0.25, 0.3) is 0 Å². The van der Waals surface area contributed by atoms with Gasteiger partial charge in [-0.05, 0) is 96.1 Å². The van der Waals surface area contributed by atoms with E-state index in [-0.39, 0.29) is 0 Å². The van der Waals surface area contributed by atoms with Crippen molar-refractivity contribution in [2.75, 3.05) is 4.90 Å². The third kappa shape index (κ3) is 5.00. The highest BCUT2D eigenvalue weighted by Crippen LogP contribution is 2.34. The van der Waals surface area contributed by atoms with E-state index in [1.54, 1.807) is 0 Å². The normalized spacial score (nSPS) is 11.0. The smallest absolute Gasteiger partial charge is 0.0462 e. The molecule has 0 saturated carbocycles. The van der Waals surface area contributed by atoms with E-state index < -0.39 is 0 Å². The quantitative estimate of drug-likeness (QED) is 0.196. The van der Waals surface area contributed by atoms with Crippen LogP contribution in [0.1, 0.15) is 22.3 Å². The maximum atomic E-state index is 2.33. The van der Waals surface area contributed by atoms with Crippen LogP contribution in [0.4, 0.5) is 17.1 Å². The van der Waals surface area contributed by atoms with Gasteiger partial charge in [0.05, 0.1) is 0 Å². The Morgan fingerprint density at radius 3 is 1.23 bits per heavy atom. The fourth-order valence-electron chi connectivity index (χ4n) is 3.34. The molecule has 30 heavy (non-hydrogen) atoms. The Morgan fingerprint density at radius 2 is 0.833 bits per heavy atom. The molecule has 0 aliphatic heterocycles. The third-order valence-electron chi connectivity index (χ3n) is 5.07. The summed E-state index contributed by atoms with van der Waals surface area (Å²) in [6, 6.07) is 34.6. The second kappa shape index (κ2) is 9.31. The first-order valence-electron chi connectivity index (χ1n) is 10.1. The average molecular weight is 501 g/mol. The van der Waals surface area contributed by atoms with Crippen molar-refractivity contribution in [3.63, 3.8) is 0 Å². The molecule has 0 aliphatic rings. The summed E-state index contributed by atoms with van der Waals surface area (Å²) in [6.45, 7) is 4.24. The van der Waals surface area contributed by atoms with Crippen LogP contribution in [0.15, 0.2) is 97.1 Å². The zero-order chi connectivity index (χ0) is 20.9. The maximum Gasteiger partial charge on any atom is 0.0462 e. The monoisotopic (exact) mass is 501 g/mol. The number of anilines is 3. The van der Waals surface area contributed by atoms with Gasteiger partial charge in [-0.3, -0.25) is 0 Å². The molecule has 0 unspecified atom stereocenters. The lowest BCUT2D eigenvalue weighted by molar-refractivity contribution is 1.27. The van der Waals surface area contributed by atoms with Gasteiger partial charge in [-0.25, -0.2) is 0 Å². The molecule has 0 heterocycles. The Morgan fingerprint density at radius 1 is 0.500 bits per heavy atom. The number of benzene rings is 4. The van der Waals surface area contributed by atoms with Gasteiger partial charge >= 0.3 is 0 Å². The summed E-state index contributed by atoms with van der Waals surface area (Å²) in [4.78, 5) is 2.30. The summed E-state index contributed by atoms with van der Waals surface area (Å²) < 4.78 is 1.25. The van der Waals surface area contributed by atoms with Crippen LogP contribution in [0.25, 0.3) is 12.2 Å². The predicted molar refractivity (Wildman–Crippen MR) is 139 cm³/mol. The minimum Gasteiger partial charge on any atom is -0.311 e. The number of rotatable bonds is 5. The molecule has 0 aliphatic carbocycles. The molecule has 0 amide bonds. The second-order valence-electron chi connectivity index (χ2n) is 7.48. The highest BCUT2D eigenvalue weighted by atomic mass is 127. The Hall–Kier alpha value is -2.85. The molecule has 0 spiro atoms. The van der Waals surface area contributed by atoms with E-state index in [4.69, 9.17) is 0 Å². The van der Waals surface area contributed by atoms with Crippen LogP contribution in [0.2, 0.25) is 0 Å². The van der Waals surface area contributed by atoms with Crippen molar-refractivity contribution < 1.29 is 0 Å². The van der Waals surface area contributed by atoms with Crippen LogP contribution < -0.4 is 4.90 Å². The Kier molecular flexibility index (Phi) is 6.34. The van der Waals surface area contributed by atoms with Crippen molar-refractivity contribution in [3.8, 4) is 0 Å². The first-order chi connectivity index (χ1) is 14.6. The molecule has 2 heteroatoms. The Labute approximate surface area is 192 Å². The molecule has 4 aromatic rings. The van der Waals surface area contributed by atoms with E-state index in [9.17, 15) is 0 Å². The van der Waals surface area contributed by atoms with E-state index in [2.05, 4.69) is 151 Å². The van der Waals surface area contributed by atoms with E-state index in [0.29, 0.717) is 0 Å². The number of aryl methyl sites for hydroxylation is 2. The van der Waals surface area contributed by atoms with E-state index in [0.717, 1.165) is 17.1 Å². The molecule has 0 saturated heterocycles. The van der Waals surface area contributed by atoms with Crippen molar-refractivity contribution in [2.24, 2.45) is 0 Å². The van der Waals surface area contributed by atoms with Gasteiger partial charge in [0.15, 0.2) is 0 Å². The van der Waals surface area contributed by atoms with Crippen molar-refractivity contribution in [1.82, 2.24) is 0 Å². The molecule has 0 aromatic heterocycles. The van der Waals surface area contributed by atoms with Crippen LogP contribution in [0.3, 0.4) is 0 Å². The lowest BCUT2D eigenvalue weighted by Crippen LogP contribution is -2.09. The van der Waals surface area contributed by atoms with Gasteiger partial charge < -0.3 is 4.90 Å². The summed E-state index contributed by atoms with van der Waals surface area (Å²) in [6.07, 6.45) is 4.32. The molecule has 0 bridgehead atoms. The molecule has 4 aromatic carbocycles. The van der Waals surface area contributed by atoms with Gasteiger partial charge in [0, 0.05) is 20.6 Å². The topological polar surface area (TPSA) is 3.24 Å². The average Bonchev–Trinajstić information content (AvgIpc) is 2.77. The molecule has 0 N–H and O–H groups in total. The van der Waals surface area contributed by atoms with Crippen molar-refractivity contribution in [3.05, 3.63) is 123 Å². The van der Waals surface area contributed by atoms with Crippen LogP contribution in [-0.2, 0) is 0 Å². The molecule has 4 rings (SSSR count). The van der Waals surface area contributed by atoms with Crippen LogP contribution >= 0.6 is 22.6 Å². The summed E-state index contributed by atoms with van der Waals surface area (Å²) in [5.74, 6) is 0. The highest BCUT2D eigenvalue weighted by Gasteiger charge is 2.11. The van der Waals surface area contributed by atoms with Crippen LogP contribution in [0.5, 0.6) is 0 Å². The number of hydrogen-bond acceptors (Lipinski definition) is 1. The first-order valence-corrected chi connectivity index (χ1v) is 11.1. The molecule has 0 radical (unpaired) electrons. The number of halogens is 1. The van der Waals surface area contributed by atoms with Crippen molar-refractivity contribution >= 4 is 51.8 Å². The largest absolute Gasteiger partial charge is 0.311 e. The van der Waals surface area contributed by atoms with Crippen molar-refractivity contribution in [1.29, 1.82) is 0 Å². The predicted octanol–water partition coefficient (Wildman–Crippen LogP) is 8.55. The lowest BCUT2D eigenvalue weighted by atomic mass is 10.1. The fraction of sp³-hybridized carbons (Fsp3) is 0.0714. The number of hydrogen-bond donors (Lipinski definition) is 0. The summed E-state index contributed by atoms with van der Waals surface area (Å²) >= 11 is 2.33. The lowest BCUT2D eigenvalue weighted by Gasteiger charge is -2.25. The SMILES string of the molecule is Cc1ccc(N(c2ccc(C)cc2)c2ccc(/C=C/c3ccc(I)cc3)cc2)cc1. The minimum atomic E-state index is 1.15. The van der Waals surface area contributed by atoms with Gasteiger partial charge in [-0.15, -0.1) is 0 Å². The minimum absolute atomic E-state index is 1.15. The standard InChI is InChI=1S/C28H24IN/c1-21-3-15-26(16-4-21)30(27-17-5-22(2)6-18-27)28-19-11-24(12-20-28)8-7-23-9-13-25(29)14-10-23/h3-20H,1-2H3/b8-7+. The van der Waals surface area contributed by atoms with Gasteiger partial charge in [-0.2, -0.15) is 0 Å². The zero-order valence-electron chi connectivity index (χ0n) is 17.2. The molecule has 1 nitrogen and oxygen atoms in total. The molecule has 148 valence electrons. The van der Waals surface area contributed by atoms with E-state index in [1.165, 1.54) is 25.8 Å². The molecule has 0 fully saturated rings. The van der Waals surface area contributed by atoms with Crippen LogP contribution in [-0.4, -0.2) is 0 Å². The van der Waals surface area contributed by atoms with Crippen LogP contribution in [0, 0.1) is 17.4 Å². The number of nitrogens with zero attached hydrogens (tertiary/aromatic N) is 1. The highest BCUT2D eigenvalue weighted by molar-refractivity contribution is 14.1. The van der Waals surface area contributed by atoms with Gasteiger partial charge in [0.2, 0.25) is 0 Å². The zero-order valence-corrected chi connectivity index (χ0v) is 19.4. The first kappa shape index (κ1) is 20.4. The Bertz CT molecular complexity index is 1080. The molecular formula is C28H24IN. The third-order valence-corrected chi connectivity index (χ3v) is 5.79. The van der Waals surface area contributed by atoms with E-state index >= 15 is 0 Å². The van der Waals surface area contributed by atoms with E-state index in [1.807, 2.05) is 0 Å². The maximum absolute atomic E-state index is 2.33. The van der Waals surface area contributed by atoms with Gasteiger partial charge in [0.1, 0.15) is 0 Å². The second-order valence-corrected chi connectivity index (χ2v) is 8.73. The summed E-state index contributed by atoms with van der Waals surface area (Å²) in [5, 5.41) is 0. The molecule has 0 atom stereocenters. The fourth-order valence-corrected chi connectivity index (χ4v) is 3.70. The summed E-state index contributed by atoms with van der Waals surface area (Å²) in [7, 11) is 0. The van der Waals surface area contributed by atoms with Gasteiger partial charge in [-0.1, -0.05) is 71.8 Å². The molecular weight excluding hydrogens is 477 g/mol. The summed E-state index contributed by atoms with van der Waals surface area (Å²) in [5.41, 5.74) is 8.38. The Balaban J connectivity index is 1.64.